The molecule has 0 saturated heterocycles. The van der Waals surface area contributed by atoms with Crippen LogP contribution in [0.25, 0.3) is 16.9 Å². The molecule has 0 saturated carbocycles. The van der Waals surface area contributed by atoms with Gasteiger partial charge in [-0.3, -0.25) is 9.20 Å². The van der Waals surface area contributed by atoms with Gasteiger partial charge in [0.2, 0.25) is 0 Å². The van der Waals surface area contributed by atoms with Crippen molar-refractivity contribution in [2.75, 3.05) is 0 Å². The summed E-state index contributed by atoms with van der Waals surface area (Å²) in [5.41, 5.74) is 4.91. The van der Waals surface area contributed by atoms with Crippen LogP contribution < -0.4 is 5.32 Å². The van der Waals surface area contributed by atoms with Gasteiger partial charge in [0.05, 0.1) is 12.2 Å². The number of fused-ring (bicyclic) bond motifs is 2. The molecule has 0 aliphatic heterocycles. The Hall–Kier alpha value is -3.48. The summed E-state index contributed by atoms with van der Waals surface area (Å²) in [7, 11) is 0. The summed E-state index contributed by atoms with van der Waals surface area (Å²) < 4.78 is 19.9. The smallest absolute Gasteiger partial charge is 0.270 e. The Balaban J connectivity index is 1.41. The highest BCUT2D eigenvalue weighted by molar-refractivity contribution is 5.93. The van der Waals surface area contributed by atoms with Crippen LogP contribution in [0, 0.1) is 5.82 Å². The molecule has 1 amide bonds. The quantitative estimate of drug-likeness (QED) is 0.605. The molecule has 5 rings (SSSR count). The number of aryl methyl sites for hydroxylation is 1. The number of nitrogens with one attached hydrogen (secondary N) is 1. The monoisotopic (exact) mass is 362 g/mol. The molecule has 0 fully saturated rings. The van der Waals surface area contributed by atoms with E-state index in [2.05, 4.69) is 21.5 Å². The summed E-state index contributed by atoms with van der Waals surface area (Å²) in [5.74, 6) is -0.687. The molecular formula is C20H15FN4O2. The van der Waals surface area contributed by atoms with Crippen molar-refractivity contribution in [1.29, 1.82) is 0 Å². The van der Waals surface area contributed by atoms with Gasteiger partial charge in [0, 0.05) is 17.8 Å². The summed E-state index contributed by atoms with van der Waals surface area (Å²) in [6, 6.07) is 10.7. The standard InChI is InChI=1S/C20H15FN4O2/c21-14-3-6-19-22-10-18(25(19)11-14)20(26)23-17-5-2-12-9-13(1-4-15(12)17)16-7-8-27-24-16/h1,3-4,6-11,17H,2,5H2,(H,23,26)/t17-/m1/s1. The van der Waals surface area contributed by atoms with Crippen molar-refractivity contribution in [3.63, 3.8) is 0 Å². The lowest BCUT2D eigenvalue weighted by atomic mass is 10.0. The number of pyridine rings is 1. The van der Waals surface area contributed by atoms with Crippen LogP contribution in [0.4, 0.5) is 4.39 Å². The Kier molecular flexibility index (Phi) is 3.53. The van der Waals surface area contributed by atoms with Gasteiger partial charge in [-0.15, -0.1) is 0 Å². The van der Waals surface area contributed by atoms with Crippen LogP contribution in [0.1, 0.15) is 34.1 Å². The third-order valence-electron chi connectivity index (χ3n) is 4.96. The molecule has 0 radical (unpaired) electrons. The number of nitrogens with zero attached hydrogens (tertiary/aromatic N) is 3. The highest BCUT2D eigenvalue weighted by Crippen LogP contribution is 2.34. The van der Waals surface area contributed by atoms with Crippen molar-refractivity contribution in [2.45, 2.75) is 18.9 Å². The molecule has 4 aromatic rings. The molecule has 0 bridgehead atoms. The molecular weight excluding hydrogens is 347 g/mol. The van der Waals surface area contributed by atoms with E-state index >= 15 is 0 Å². The zero-order valence-corrected chi connectivity index (χ0v) is 14.2. The van der Waals surface area contributed by atoms with Gasteiger partial charge in [0.25, 0.3) is 5.91 Å². The number of amides is 1. The molecule has 1 aliphatic rings. The van der Waals surface area contributed by atoms with E-state index in [9.17, 15) is 9.18 Å². The number of carbonyl (C=O) groups excluding carboxylic acids is 1. The van der Waals surface area contributed by atoms with Crippen molar-refractivity contribution in [3.8, 4) is 11.3 Å². The maximum atomic E-state index is 13.5. The molecule has 0 spiro atoms. The summed E-state index contributed by atoms with van der Waals surface area (Å²) in [5, 5.41) is 7.01. The maximum absolute atomic E-state index is 13.5. The number of hydrogen-bond donors (Lipinski definition) is 1. The average Bonchev–Trinajstić information content (AvgIpc) is 3.41. The van der Waals surface area contributed by atoms with Crippen LogP contribution in [0.3, 0.4) is 0 Å². The minimum absolute atomic E-state index is 0.0852. The Morgan fingerprint density at radius 1 is 1.26 bits per heavy atom. The fourth-order valence-electron chi connectivity index (χ4n) is 3.64. The van der Waals surface area contributed by atoms with E-state index in [1.807, 2.05) is 18.2 Å². The van der Waals surface area contributed by atoms with Crippen molar-refractivity contribution in [3.05, 3.63) is 77.7 Å². The minimum Gasteiger partial charge on any atom is -0.364 e. The number of carbonyl (C=O) groups is 1. The van der Waals surface area contributed by atoms with Gasteiger partial charge < -0.3 is 9.84 Å². The second kappa shape index (κ2) is 6.05. The van der Waals surface area contributed by atoms with Crippen LogP contribution >= 0.6 is 0 Å². The summed E-state index contributed by atoms with van der Waals surface area (Å²) in [4.78, 5) is 16.9. The van der Waals surface area contributed by atoms with Crippen molar-refractivity contribution in [1.82, 2.24) is 19.9 Å². The number of hydrogen-bond acceptors (Lipinski definition) is 4. The lowest BCUT2D eigenvalue weighted by molar-refractivity contribution is 0.0930. The third kappa shape index (κ3) is 2.68. The predicted molar refractivity (Wildman–Crippen MR) is 95.6 cm³/mol. The number of halogens is 1. The molecule has 1 aliphatic carbocycles. The molecule has 1 aromatic carbocycles. The van der Waals surface area contributed by atoms with Gasteiger partial charge in [0.1, 0.15) is 29.1 Å². The van der Waals surface area contributed by atoms with Crippen LogP contribution in [0.15, 0.2) is 59.6 Å². The predicted octanol–water partition coefficient (Wildman–Crippen LogP) is 3.55. The van der Waals surface area contributed by atoms with Crippen LogP contribution in [-0.4, -0.2) is 20.4 Å². The van der Waals surface area contributed by atoms with Gasteiger partial charge in [-0.1, -0.05) is 17.3 Å². The van der Waals surface area contributed by atoms with Gasteiger partial charge in [-0.2, -0.15) is 0 Å². The average molecular weight is 362 g/mol. The second-order valence-corrected chi connectivity index (χ2v) is 6.58. The Morgan fingerprint density at radius 2 is 2.19 bits per heavy atom. The number of aromatic nitrogens is 3. The lowest BCUT2D eigenvalue weighted by Gasteiger charge is -2.14. The molecule has 7 heteroatoms. The minimum atomic E-state index is -0.416. The molecule has 3 aromatic heterocycles. The van der Waals surface area contributed by atoms with Crippen LogP contribution in [-0.2, 0) is 6.42 Å². The van der Waals surface area contributed by atoms with Crippen LogP contribution in [0.2, 0.25) is 0 Å². The highest BCUT2D eigenvalue weighted by Gasteiger charge is 2.26. The SMILES string of the molecule is O=C(N[C@@H]1CCc2cc(-c3ccon3)ccc21)c1cnc2ccc(F)cn12. The van der Waals surface area contributed by atoms with E-state index in [4.69, 9.17) is 4.52 Å². The lowest BCUT2D eigenvalue weighted by Crippen LogP contribution is -2.28. The second-order valence-electron chi connectivity index (χ2n) is 6.58. The number of benzene rings is 1. The van der Waals surface area contributed by atoms with Crippen molar-refractivity contribution >= 4 is 11.6 Å². The zero-order chi connectivity index (χ0) is 18.4. The zero-order valence-electron chi connectivity index (χ0n) is 14.2. The largest absolute Gasteiger partial charge is 0.364 e. The first kappa shape index (κ1) is 15.7. The first-order valence-electron chi connectivity index (χ1n) is 8.66. The topological polar surface area (TPSA) is 72.4 Å². The first-order chi connectivity index (χ1) is 13.2. The van der Waals surface area contributed by atoms with E-state index in [0.29, 0.717) is 11.3 Å². The first-order valence-corrected chi connectivity index (χ1v) is 8.66. The summed E-state index contributed by atoms with van der Waals surface area (Å²) >= 11 is 0. The molecule has 27 heavy (non-hydrogen) atoms. The Labute approximate surface area is 153 Å². The molecule has 3 heterocycles. The fraction of sp³-hybridized carbons (Fsp3) is 0.150. The van der Waals surface area contributed by atoms with E-state index in [1.54, 1.807) is 12.3 Å². The van der Waals surface area contributed by atoms with Gasteiger partial charge in [0.15, 0.2) is 0 Å². The highest BCUT2D eigenvalue weighted by atomic mass is 19.1. The van der Waals surface area contributed by atoms with Gasteiger partial charge in [-0.05, 0) is 42.2 Å². The number of rotatable bonds is 3. The number of imidazole rings is 1. The van der Waals surface area contributed by atoms with Gasteiger partial charge >= 0.3 is 0 Å². The van der Waals surface area contributed by atoms with Crippen molar-refractivity contribution < 1.29 is 13.7 Å². The van der Waals surface area contributed by atoms with E-state index < -0.39 is 5.82 Å². The van der Waals surface area contributed by atoms with E-state index in [-0.39, 0.29) is 11.9 Å². The fourth-order valence-corrected chi connectivity index (χ4v) is 3.64. The van der Waals surface area contributed by atoms with Crippen LogP contribution in [0.5, 0.6) is 0 Å². The Morgan fingerprint density at radius 3 is 3.04 bits per heavy atom. The maximum Gasteiger partial charge on any atom is 0.270 e. The molecule has 1 N–H and O–H groups in total. The Bertz CT molecular complexity index is 1150. The molecule has 134 valence electrons. The van der Waals surface area contributed by atoms with E-state index in [1.165, 1.54) is 28.4 Å². The van der Waals surface area contributed by atoms with Crippen molar-refractivity contribution in [2.24, 2.45) is 0 Å². The van der Waals surface area contributed by atoms with Gasteiger partial charge in [-0.25, -0.2) is 9.37 Å². The summed E-state index contributed by atoms with van der Waals surface area (Å²) in [6.45, 7) is 0. The molecule has 0 unspecified atom stereocenters. The van der Waals surface area contributed by atoms with E-state index in [0.717, 1.165) is 29.7 Å². The molecule has 1 atom stereocenters. The molecule has 6 nitrogen and oxygen atoms in total. The normalized spacial score (nSPS) is 15.8. The third-order valence-corrected chi connectivity index (χ3v) is 4.96. The summed E-state index contributed by atoms with van der Waals surface area (Å²) in [6.07, 6.45) is 5.96.